The zero-order chi connectivity index (χ0) is 55.2. The zero-order valence-electron chi connectivity index (χ0n) is 45.6. The van der Waals surface area contributed by atoms with Crippen LogP contribution in [0, 0.1) is 18.6 Å². The van der Waals surface area contributed by atoms with E-state index < -0.39 is 0 Å². The maximum Gasteiger partial charge on any atom is 0.159 e. The molecule has 16 nitrogen and oxygen atoms in total. The molecule has 0 aliphatic carbocycles. The maximum absolute atomic E-state index is 14.8. The summed E-state index contributed by atoms with van der Waals surface area (Å²) in [4.78, 5) is 48.0. The van der Waals surface area contributed by atoms with Crippen molar-refractivity contribution < 1.29 is 8.78 Å². The lowest BCUT2D eigenvalue weighted by atomic mass is 10.0. The molecule has 0 saturated carbocycles. The largest absolute Gasteiger partial charge is 0.335 e. The van der Waals surface area contributed by atoms with Gasteiger partial charge in [-0.15, -0.1) is 0 Å². The minimum absolute atomic E-state index is 0.245. The average Bonchev–Trinajstić information content (AvgIpc) is 4.42. The van der Waals surface area contributed by atoms with Crippen LogP contribution < -0.4 is 0 Å². The molecular weight excluding hydrogens is 1020 g/mol. The first-order valence-electron chi connectivity index (χ1n) is 28.1. The molecule has 408 valence electrons. The van der Waals surface area contributed by atoms with E-state index in [-0.39, 0.29) is 11.6 Å². The van der Waals surface area contributed by atoms with E-state index in [1.807, 2.05) is 51.2 Å². The van der Waals surface area contributed by atoms with E-state index in [0.29, 0.717) is 23.0 Å². The maximum atomic E-state index is 14.8. The Labute approximate surface area is 467 Å². The number of likely N-dealkylation sites (tertiary alicyclic amines) is 2. The Morgan fingerprint density at radius 2 is 0.963 bits per heavy atom. The quantitative estimate of drug-likeness (QED) is 0.0805. The van der Waals surface area contributed by atoms with Gasteiger partial charge in [0.2, 0.25) is 0 Å². The summed E-state index contributed by atoms with van der Waals surface area (Å²) in [6.07, 6.45) is 26.5. The fourth-order valence-corrected chi connectivity index (χ4v) is 11.2. The summed E-state index contributed by atoms with van der Waals surface area (Å²) in [5.74, 6) is 0.730. The summed E-state index contributed by atoms with van der Waals surface area (Å²) in [6.45, 7) is 12.8. The number of pyridine rings is 6. The number of hydrogen-bond acceptors (Lipinski definition) is 12. The lowest BCUT2D eigenvalue weighted by Gasteiger charge is -2.14. The molecule has 2 aromatic carbocycles. The average molecular weight is 1080 g/mol. The fraction of sp³-hybridized carbons (Fsp3) is 0.270. The fourth-order valence-electron chi connectivity index (χ4n) is 11.2. The van der Waals surface area contributed by atoms with Crippen LogP contribution in [0.5, 0.6) is 0 Å². The highest BCUT2D eigenvalue weighted by atomic mass is 19.1. The Hall–Kier alpha value is -9.00. The van der Waals surface area contributed by atoms with Crippen LogP contribution in [0.3, 0.4) is 0 Å². The Bertz CT molecular complexity index is 4130. The standard InChI is InChI=1S/C31H29FN8.C30H27FN8.C2H6/c1-19-9-22(15-33-14-19)26-13-24-27(18-35-26)38-39-30(24)31-36-28-17-34-16-25(29(28)37-31)21-10-20(11-23(32)12-21)5-4-8-40-6-2-3-7-40;31-22-13-19(4-3-11-39-9-1-2-10-39)12-21(14-22)24-16-33-17-27-28(24)36-30(35-27)29-23-15-25(20-5-7-32-8-6-20)34-18-26(23)37-38-29;1-2/h9-18H,2-8H2,1H3,(H,36,37)(H,38,39);5-8,12-18H,1-4,9-11H2,(H,35,36)(H,37,38);1-2H3. The number of aryl methyl sites for hydroxylation is 3. The van der Waals surface area contributed by atoms with Crippen molar-refractivity contribution in [2.75, 3.05) is 39.3 Å². The first kappa shape index (κ1) is 52.7. The number of aromatic amines is 4. The molecule has 0 spiro atoms. The summed E-state index contributed by atoms with van der Waals surface area (Å²) >= 11 is 0. The minimum atomic E-state index is -0.245. The number of imidazole rings is 2. The molecule has 2 fully saturated rings. The van der Waals surface area contributed by atoms with Gasteiger partial charge < -0.3 is 19.8 Å². The van der Waals surface area contributed by atoms with Crippen molar-refractivity contribution in [1.29, 1.82) is 0 Å². The topological polar surface area (TPSA) is 199 Å². The van der Waals surface area contributed by atoms with Gasteiger partial charge in [0.15, 0.2) is 11.6 Å². The van der Waals surface area contributed by atoms with Gasteiger partial charge in [0.25, 0.3) is 0 Å². The van der Waals surface area contributed by atoms with Gasteiger partial charge in [0.1, 0.15) is 23.0 Å². The highest BCUT2D eigenvalue weighted by molar-refractivity contribution is 5.99. The van der Waals surface area contributed by atoms with Crippen molar-refractivity contribution in [2.45, 2.75) is 72.1 Å². The third kappa shape index (κ3) is 11.6. The second-order valence-corrected chi connectivity index (χ2v) is 20.7. The zero-order valence-corrected chi connectivity index (χ0v) is 45.6. The van der Waals surface area contributed by atoms with E-state index >= 15 is 0 Å². The molecule has 0 bridgehead atoms. The van der Waals surface area contributed by atoms with Gasteiger partial charge >= 0.3 is 0 Å². The number of nitrogens with zero attached hydrogens (tertiary/aromatic N) is 12. The van der Waals surface area contributed by atoms with Gasteiger partial charge in [-0.1, -0.05) is 26.0 Å². The molecule has 4 N–H and O–H groups in total. The molecule has 2 aliphatic rings. The molecule has 12 aromatic rings. The van der Waals surface area contributed by atoms with Crippen molar-refractivity contribution in [3.8, 4) is 67.8 Å². The molecule has 10 aromatic heterocycles. The third-order valence-corrected chi connectivity index (χ3v) is 15.1. The monoisotopic (exact) mass is 1080 g/mol. The van der Waals surface area contributed by atoms with Gasteiger partial charge in [0.05, 0.1) is 69.3 Å². The van der Waals surface area contributed by atoms with Crippen LogP contribution in [0.25, 0.3) is 112 Å². The van der Waals surface area contributed by atoms with Crippen molar-refractivity contribution in [1.82, 2.24) is 80.0 Å². The molecule has 18 heteroatoms. The van der Waals surface area contributed by atoms with Crippen LogP contribution in [0.2, 0.25) is 0 Å². The number of fused-ring (bicyclic) bond motifs is 4. The second kappa shape index (κ2) is 23.8. The molecule has 0 atom stereocenters. The van der Waals surface area contributed by atoms with Gasteiger partial charge in [-0.3, -0.25) is 40.1 Å². The minimum Gasteiger partial charge on any atom is -0.335 e. The predicted octanol–water partition coefficient (Wildman–Crippen LogP) is 12.9. The molecule has 81 heavy (non-hydrogen) atoms. The van der Waals surface area contributed by atoms with E-state index in [1.165, 1.54) is 51.9 Å². The van der Waals surface area contributed by atoms with Gasteiger partial charge in [0, 0.05) is 70.2 Å². The number of H-pyrrole nitrogens is 4. The van der Waals surface area contributed by atoms with Crippen LogP contribution in [0.1, 0.15) is 69.1 Å². The molecule has 0 unspecified atom stereocenters. The van der Waals surface area contributed by atoms with Gasteiger partial charge in [-0.2, -0.15) is 10.2 Å². The van der Waals surface area contributed by atoms with Crippen LogP contribution in [-0.4, -0.2) is 119 Å². The number of nitrogens with one attached hydrogen (secondary N) is 4. The molecule has 0 amide bonds. The third-order valence-electron chi connectivity index (χ3n) is 15.1. The second-order valence-electron chi connectivity index (χ2n) is 20.7. The number of halogens is 2. The van der Waals surface area contributed by atoms with Gasteiger partial charge in [-0.05, 0) is 180 Å². The molecule has 2 aliphatic heterocycles. The molecular formula is C63H62F2N16. The van der Waals surface area contributed by atoms with E-state index in [0.717, 1.165) is 144 Å². The SMILES string of the molecule is CC.Cc1cncc(-c2cc3c(-c4nc5c(-c6cc(F)cc(CCCN7CCCC7)c6)cncc5[nH]4)n[nH]c3cn2)c1.Fc1cc(CCCN2CCCC2)cc(-c2cncc3[nH]c(-c4n[nH]c5cnc(-c6ccncc6)cc45)nc23)c1. The van der Waals surface area contributed by atoms with Crippen molar-refractivity contribution in [3.05, 3.63) is 157 Å². The number of hydrogen-bond donors (Lipinski definition) is 4. The predicted molar refractivity (Wildman–Crippen MR) is 315 cm³/mol. The molecule has 0 radical (unpaired) electrons. The Morgan fingerprint density at radius 1 is 0.481 bits per heavy atom. The Morgan fingerprint density at radius 3 is 1.46 bits per heavy atom. The summed E-state index contributed by atoms with van der Waals surface area (Å²) in [6, 6.07) is 20.4. The van der Waals surface area contributed by atoms with E-state index in [2.05, 4.69) is 88.3 Å². The highest BCUT2D eigenvalue weighted by Crippen LogP contribution is 2.35. The molecule has 12 heterocycles. The van der Waals surface area contributed by atoms with Crippen molar-refractivity contribution in [3.63, 3.8) is 0 Å². The normalized spacial score (nSPS) is 13.8. The van der Waals surface area contributed by atoms with Crippen LogP contribution >= 0.6 is 0 Å². The first-order valence-corrected chi connectivity index (χ1v) is 28.1. The summed E-state index contributed by atoms with van der Waals surface area (Å²) in [7, 11) is 0. The summed E-state index contributed by atoms with van der Waals surface area (Å²) in [5, 5.41) is 17.0. The van der Waals surface area contributed by atoms with Crippen LogP contribution in [-0.2, 0) is 12.8 Å². The lowest BCUT2D eigenvalue weighted by Crippen LogP contribution is -2.20. The van der Waals surface area contributed by atoms with E-state index in [9.17, 15) is 8.78 Å². The summed E-state index contributed by atoms with van der Waals surface area (Å²) < 4.78 is 29.5. The molecule has 2 saturated heterocycles. The lowest BCUT2D eigenvalue weighted by molar-refractivity contribution is 0.334. The summed E-state index contributed by atoms with van der Waals surface area (Å²) in [5.41, 5.74) is 15.7. The highest BCUT2D eigenvalue weighted by Gasteiger charge is 2.21. The van der Waals surface area contributed by atoms with E-state index in [1.54, 1.807) is 80.0 Å². The number of rotatable bonds is 14. The van der Waals surface area contributed by atoms with Gasteiger partial charge in [-0.25, -0.2) is 18.7 Å². The Balaban J connectivity index is 0.000000156. The molecule has 14 rings (SSSR count). The van der Waals surface area contributed by atoms with Crippen molar-refractivity contribution >= 4 is 43.9 Å². The smallest absolute Gasteiger partial charge is 0.159 e. The van der Waals surface area contributed by atoms with Crippen LogP contribution in [0.4, 0.5) is 8.78 Å². The van der Waals surface area contributed by atoms with Crippen molar-refractivity contribution in [2.24, 2.45) is 0 Å². The van der Waals surface area contributed by atoms with E-state index in [4.69, 9.17) is 9.97 Å². The number of aromatic nitrogens is 14. The van der Waals surface area contributed by atoms with Crippen LogP contribution in [0.15, 0.2) is 129 Å². The first-order chi connectivity index (χ1) is 39.8. The Kier molecular flexibility index (Phi) is 15.5. The number of benzene rings is 2.